The number of ether oxygens (including phenoxy) is 1. The number of unbranched alkanes of at least 4 members (excludes halogenated alkanes) is 15. The maximum atomic E-state index is 9.73. The van der Waals surface area contributed by atoms with Crippen LogP contribution in [-0.4, -0.2) is 11.7 Å². The first-order valence-electron chi connectivity index (χ1n) is 12.9. The van der Waals surface area contributed by atoms with Crippen LogP contribution in [0.3, 0.4) is 0 Å². The molecule has 1 aliphatic carbocycles. The standard InChI is InChI=1S/C24H42O2.C5H5.Fe/c1-2-3-4-5-6-7-8-9-10-11-12-13-14-15-16-19-22-26-24(25)23-20-17-18-21-23;1-2-4-5-3-1;/h17-18,20-21,25H,2-16,19,22H2,1H3;1-5H;/q;-1;. The number of allylic oxidation sites excluding steroid dienone is 5. The molecular weight excluding hydrogens is 436 g/mol. The Bertz CT molecular complexity index is 541. The first-order valence-corrected chi connectivity index (χ1v) is 12.9. The minimum Gasteiger partial charge on any atom is -0.481 e. The zero-order valence-corrected chi connectivity index (χ0v) is 21.5. The first-order chi connectivity index (χ1) is 15.3. The van der Waals surface area contributed by atoms with Crippen molar-refractivity contribution in [2.45, 2.75) is 110 Å². The topological polar surface area (TPSA) is 29.5 Å². The van der Waals surface area contributed by atoms with Crippen LogP contribution in [0.2, 0.25) is 0 Å². The van der Waals surface area contributed by atoms with Gasteiger partial charge in [-0.25, -0.2) is 12.1 Å². The van der Waals surface area contributed by atoms with Gasteiger partial charge in [0.2, 0.25) is 0 Å². The predicted octanol–water partition coefficient (Wildman–Crippen LogP) is 9.56. The van der Waals surface area contributed by atoms with Gasteiger partial charge < -0.3 is 9.84 Å². The Hall–Kier alpha value is -1.31. The second-order valence-corrected chi connectivity index (χ2v) is 8.59. The normalized spacial score (nSPS) is 11.7. The number of hydrogen-bond acceptors (Lipinski definition) is 2. The summed E-state index contributed by atoms with van der Waals surface area (Å²) in [5, 5.41) is 9.73. The Balaban J connectivity index is 0.00000140. The van der Waals surface area contributed by atoms with Crippen LogP contribution in [0.5, 0.6) is 0 Å². The third-order valence-electron chi connectivity index (χ3n) is 5.70. The van der Waals surface area contributed by atoms with Gasteiger partial charge in [0, 0.05) is 17.1 Å². The average Bonchev–Trinajstić information content (AvgIpc) is 3.52. The number of aliphatic hydroxyl groups excluding tert-OH is 1. The van der Waals surface area contributed by atoms with Gasteiger partial charge in [-0.1, -0.05) is 115 Å². The molecule has 3 heteroatoms. The van der Waals surface area contributed by atoms with Crippen LogP contribution < -0.4 is 0 Å². The van der Waals surface area contributed by atoms with Crippen LogP contribution in [0.1, 0.15) is 110 Å². The zero-order chi connectivity index (χ0) is 22.2. The molecule has 0 radical (unpaired) electrons. The van der Waals surface area contributed by atoms with E-state index in [9.17, 15) is 5.11 Å². The van der Waals surface area contributed by atoms with E-state index in [-0.39, 0.29) is 23.0 Å². The molecule has 32 heavy (non-hydrogen) atoms. The molecule has 1 aromatic rings. The second-order valence-electron chi connectivity index (χ2n) is 8.59. The predicted molar refractivity (Wildman–Crippen MR) is 135 cm³/mol. The second kappa shape index (κ2) is 24.3. The number of aliphatic hydroxyl groups is 1. The van der Waals surface area contributed by atoms with Crippen molar-refractivity contribution < 1.29 is 26.9 Å². The van der Waals surface area contributed by atoms with Crippen molar-refractivity contribution in [2.24, 2.45) is 0 Å². The fourth-order valence-electron chi connectivity index (χ4n) is 3.74. The zero-order valence-electron chi connectivity index (χ0n) is 20.4. The van der Waals surface area contributed by atoms with Crippen molar-refractivity contribution in [1.82, 2.24) is 0 Å². The van der Waals surface area contributed by atoms with Crippen molar-refractivity contribution in [1.29, 1.82) is 0 Å². The smallest absolute Gasteiger partial charge is 0.284 e. The van der Waals surface area contributed by atoms with Crippen molar-refractivity contribution in [3.63, 3.8) is 0 Å². The summed E-state index contributed by atoms with van der Waals surface area (Å²) in [6, 6.07) is 10.0. The summed E-state index contributed by atoms with van der Waals surface area (Å²) in [5.74, 6) is 0.0657. The van der Waals surface area contributed by atoms with E-state index in [1.165, 1.54) is 96.3 Å². The van der Waals surface area contributed by atoms with Crippen molar-refractivity contribution in [3.8, 4) is 0 Å². The molecule has 0 atom stereocenters. The number of hydrogen-bond donors (Lipinski definition) is 1. The summed E-state index contributed by atoms with van der Waals surface area (Å²) >= 11 is 0. The molecule has 184 valence electrons. The Morgan fingerprint density at radius 2 is 1.09 bits per heavy atom. The molecule has 0 saturated heterocycles. The third kappa shape index (κ3) is 19.4. The quantitative estimate of drug-likeness (QED) is 0.0975. The molecular formula is C29H47FeO2-. The Morgan fingerprint density at radius 3 is 1.47 bits per heavy atom. The molecule has 2 rings (SSSR count). The Morgan fingerprint density at radius 1 is 0.688 bits per heavy atom. The fraction of sp³-hybridized carbons (Fsp3) is 0.621. The maximum Gasteiger partial charge on any atom is 0.284 e. The van der Waals surface area contributed by atoms with E-state index in [0.29, 0.717) is 6.61 Å². The largest absolute Gasteiger partial charge is 0.481 e. The van der Waals surface area contributed by atoms with Gasteiger partial charge in [-0.05, 0) is 18.6 Å². The summed E-state index contributed by atoms with van der Waals surface area (Å²) in [4.78, 5) is 0. The monoisotopic (exact) mass is 483 g/mol. The van der Waals surface area contributed by atoms with Crippen LogP contribution >= 0.6 is 0 Å². The molecule has 1 aromatic carbocycles. The van der Waals surface area contributed by atoms with E-state index in [2.05, 4.69) is 6.92 Å². The summed E-state index contributed by atoms with van der Waals surface area (Å²) < 4.78 is 5.38. The summed E-state index contributed by atoms with van der Waals surface area (Å²) in [5.41, 5.74) is 0.779. The average molecular weight is 484 g/mol. The van der Waals surface area contributed by atoms with Crippen LogP contribution in [0, 0.1) is 0 Å². The van der Waals surface area contributed by atoms with Crippen molar-refractivity contribution in [2.75, 3.05) is 6.61 Å². The van der Waals surface area contributed by atoms with E-state index < -0.39 is 0 Å². The van der Waals surface area contributed by atoms with Gasteiger partial charge in [-0.15, -0.1) is 0 Å². The SMILES string of the molecule is CCCCCCCCCCCCCCCCCCOC(O)=C1C=CC=C1.[Fe].c1cc[cH-]c1. The molecule has 0 aliphatic heterocycles. The van der Waals surface area contributed by atoms with Gasteiger partial charge in [0.05, 0.1) is 12.2 Å². The molecule has 0 spiro atoms. The van der Waals surface area contributed by atoms with E-state index in [0.717, 1.165) is 12.0 Å². The maximum absolute atomic E-state index is 9.73. The summed E-state index contributed by atoms with van der Waals surface area (Å²) in [6.07, 6.45) is 29.5. The van der Waals surface area contributed by atoms with Gasteiger partial charge >= 0.3 is 0 Å². The Kier molecular flexibility index (Phi) is 23.3. The third-order valence-corrected chi connectivity index (χ3v) is 5.70. The minimum absolute atomic E-state index is 0. The van der Waals surface area contributed by atoms with Gasteiger partial charge in [-0.3, -0.25) is 0 Å². The number of rotatable bonds is 18. The van der Waals surface area contributed by atoms with E-state index in [1.54, 1.807) is 0 Å². The molecule has 1 N–H and O–H groups in total. The summed E-state index contributed by atoms with van der Waals surface area (Å²) in [6.45, 7) is 2.90. The fourth-order valence-corrected chi connectivity index (χ4v) is 3.74. The minimum atomic E-state index is 0. The molecule has 0 heterocycles. The van der Waals surface area contributed by atoms with Crippen LogP contribution in [0.25, 0.3) is 0 Å². The van der Waals surface area contributed by atoms with Gasteiger partial charge in [0.15, 0.2) is 0 Å². The molecule has 0 bridgehead atoms. The molecule has 1 aliphatic rings. The van der Waals surface area contributed by atoms with Gasteiger partial charge in [0.25, 0.3) is 5.95 Å². The molecule has 0 aromatic heterocycles. The van der Waals surface area contributed by atoms with Crippen molar-refractivity contribution in [3.05, 3.63) is 66.2 Å². The van der Waals surface area contributed by atoms with Crippen molar-refractivity contribution >= 4 is 0 Å². The van der Waals surface area contributed by atoms with E-state index in [1.807, 2.05) is 54.6 Å². The molecule has 0 unspecified atom stereocenters. The summed E-state index contributed by atoms with van der Waals surface area (Å²) in [7, 11) is 0. The van der Waals surface area contributed by atoms with Gasteiger partial charge in [0.1, 0.15) is 0 Å². The van der Waals surface area contributed by atoms with Crippen LogP contribution in [0.15, 0.2) is 66.2 Å². The Labute approximate surface area is 209 Å². The first kappa shape index (κ1) is 30.7. The van der Waals surface area contributed by atoms with Crippen LogP contribution in [-0.2, 0) is 21.8 Å². The van der Waals surface area contributed by atoms with Crippen LogP contribution in [0.4, 0.5) is 0 Å². The molecule has 2 nitrogen and oxygen atoms in total. The van der Waals surface area contributed by atoms with E-state index >= 15 is 0 Å². The molecule has 0 saturated carbocycles. The molecule has 0 fully saturated rings. The van der Waals surface area contributed by atoms with Gasteiger partial charge in [-0.2, -0.15) is 18.2 Å². The molecule has 0 amide bonds. The van der Waals surface area contributed by atoms with E-state index in [4.69, 9.17) is 4.74 Å².